The lowest BCUT2D eigenvalue weighted by Crippen LogP contribution is -2.10. The van der Waals surface area contributed by atoms with Gasteiger partial charge in [-0.2, -0.15) is 0 Å². The minimum absolute atomic E-state index is 0.0868. The van der Waals surface area contributed by atoms with Crippen molar-refractivity contribution in [3.05, 3.63) is 81.7 Å². The molecule has 0 aliphatic rings. The Hall–Kier alpha value is -2.72. The van der Waals surface area contributed by atoms with E-state index in [1.54, 1.807) is 30.3 Å². The predicted octanol–water partition coefficient (Wildman–Crippen LogP) is 3.41. The largest absolute Gasteiger partial charge is 0.423 e. The molecule has 23 heavy (non-hydrogen) atoms. The summed E-state index contributed by atoms with van der Waals surface area (Å²) in [4.78, 5) is 23.9. The van der Waals surface area contributed by atoms with Crippen LogP contribution in [0.25, 0.3) is 11.0 Å². The molecule has 1 aromatic heterocycles. The number of hydrogen-bond donors (Lipinski definition) is 1. The van der Waals surface area contributed by atoms with Gasteiger partial charge in [0.2, 0.25) is 0 Å². The quantitative estimate of drug-likeness (QED) is 0.592. The minimum atomic E-state index is -1.06. The Balaban J connectivity index is 1.97. The predicted molar refractivity (Wildman–Crippen MR) is 87.6 cm³/mol. The number of aliphatic hydroxyl groups excluding tert-OH is 1. The molecule has 0 radical (unpaired) electrons. The van der Waals surface area contributed by atoms with Crippen LogP contribution in [0.4, 0.5) is 0 Å². The van der Waals surface area contributed by atoms with Crippen molar-refractivity contribution in [2.45, 2.75) is 19.4 Å². The summed E-state index contributed by atoms with van der Waals surface area (Å²) in [6, 6.07) is 15.4. The highest BCUT2D eigenvalue weighted by molar-refractivity contribution is 5.96. The number of aryl methyl sites for hydroxylation is 1. The van der Waals surface area contributed by atoms with Crippen molar-refractivity contribution in [3.8, 4) is 0 Å². The zero-order valence-corrected chi connectivity index (χ0v) is 12.7. The summed E-state index contributed by atoms with van der Waals surface area (Å²) in [5, 5.41) is 11.1. The number of aliphatic hydroxyl groups is 1. The Morgan fingerprint density at radius 2 is 1.87 bits per heavy atom. The zero-order valence-electron chi connectivity index (χ0n) is 12.7. The Morgan fingerprint density at radius 3 is 2.61 bits per heavy atom. The van der Waals surface area contributed by atoms with Crippen molar-refractivity contribution in [1.82, 2.24) is 0 Å². The van der Waals surface area contributed by atoms with Gasteiger partial charge in [-0.05, 0) is 24.6 Å². The Bertz CT molecular complexity index is 910. The van der Waals surface area contributed by atoms with Crippen molar-refractivity contribution in [2.24, 2.45) is 0 Å². The van der Waals surface area contributed by atoms with Crippen molar-refractivity contribution in [1.29, 1.82) is 0 Å². The normalized spacial score (nSPS) is 12.3. The molecule has 0 fully saturated rings. The van der Waals surface area contributed by atoms with Gasteiger partial charge in [0.15, 0.2) is 5.78 Å². The van der Waals surface area contributed by atoms with Gasteiger partial charge in [0, 0.05) is 23.4 Å². The first-order chi connectivity index (χ1) is 11.0. The molecule has 1 atom stereocenters. The van der Waals surface area contributed by atoms with Crippen LogP contribution in [0.1, 0.15) is 34.0 Å². The molecule has 0 saturated carbocycles. The van der Waals surface area contributed by atoms with Crippen molar-refractivity contribution in [2.75, 3.05) is 0 Å². The van der Waals surface area contributed by atoms with Gasteiger partial charge in [0.25, 0.3) is 0 Å². The third-order valence-electron chi connectivity index (χ3n) is 3.76. The highest BCUT2D eigenvalue weighted by Gasteiger charge is 2.18. The van der Waals surface area contributed by atoms with Crippen molar-refractivity contribution in [3.63, 3.8) is 0 Å². The van der Waals surface area contributed by atoms with Crippen LogP contribution in [-0.4, -0.2) is 10.9 Å². The number of ketones is 1. The van der Waals surface area contributed by atoms with E-state index in [-0.39, 0.29) is 12.2 Å². The van der Waals surface area contributed by atoms with Crippen LogP contribution in [0.15, 0.2) is 63.8 Å². The van der Waals surface area contributed by atoms with E-state index in [2.05, 4.69) is 0 Å². The lowest BCUT2D eigenvalue weighted by molar-refractivity contribution is 0.0881. The molecule has 0 amide bonds. The van der Waals surface area contributed by atoms with Crippen molar-refractivity contribution >= 4 is 16.8 Å². The van der Waals surface area contributed by atoms with E-state index in [4.69, 9.17) is 4.42 Å². The SMILES string of the molecule is Cc1ccc2oc(=O)cc(C(O)CC(=O)c3ccccc3)c2c1. The van der Waals surface area contributed by atoms with E-state index in [0.29, 0.717) is 22.1 Å². The van der Waals surface area contributed by atoms with Gasteiger partial charge < -0.3 is 9.52 Å². The summed E-state index contributed by atoms with van der Waals surface area (Å²) >= 11 is 0. The average molecular weight is 308 g/mol. The lowest BCUT2D eigenvalue weighted by Gasteiger charge is -2.12. The minimum Gasteiger partial charge on any atom is -0.423 e. The third kappa shape index (κ3) is 3.22. The van der Waals surface area contributed by atoms with E-state index in [1.165, 1.54) is 6.07 Å². The van der Waals surface area contributed by atoms with Crippen LogP contribution in [0.3, 0.4) is 0 Å². The molecule has 4 heteroatoms. The zero-order chi connectivity index (χ0) is 16.4. The monoisotopic (exact) mass is 308 g/mol. The second kappa shape index (κ2) is 6.18. The van der Waals surface area contributed by atoms with Gasteiger partial charge in [0.1, 0.15) is 5.58 Å². The van der Waals surface area contributed by atoms with Gasteiger partial charge in [-0.15, -0.1) is 0 Å². The number of carbonyl (C=O) groups is 1. The van der Waals surface area contributed by atoms with E-state index < -0.39 is 11.7 Å². The van der Waals surface area contributed by atoms with E-state index >= 15 is 0 Å². The Labute approximate surface area is 133 Å². The summed E-state index contributed by atoms with van der Waals surface area (Å²) in [5.41, 5.74) is 1.81. The van der Waals surface area contributed by atoms with Crippen LogP contribution in [0, 0.1) is 6.92 Å². The van der Waals surface area contributed by atoms with E-state index in [0.717, 1.165) is 5.56 Å². The Morgan fingerprint density at radius 1 is 1.13 bits per heavy atom. The highest BCUT2D eigenvalue weighted by atomic mass is 16.4. The smallest absolute Gasteiger partial charge is 0.336 e. The second-order valence-corrected chi connectivity index (χ2v) is 5.53. The maximum Gasteiger partial charge on any atom is 0.336 e. The summed E-state index contributed by atoms with van der Waals surface area (Å²) in [5.74, 6) is -0.174. The molecule has 0 spiro atoms. The molecular formula is C19H16O4. The molecule has 1 heterocycles. The average Bonchev–Trinajstić information content (AvgIpc) is 2.55. The van der Waals surface area contributed by atoms with E-state index in [1.807, 2.05) is 25.1 Å². The van der Waals surface area contributed by atoms with Crippen LogP contribution >= 0.6 is 0 Å². The number of fused-ring (bicyclic) bond motifs is 1. The summed E-state index contributed by atoms with van der Waals surface area (Å²) < 4.78 is 5.15. The molecule has 0 saturated heterocycles. The van der Waals surface area contributed by atoms with Gasteiger partial charge in [-0.3, -0.25) is 4.79 Å². The molecule has 4 nitrogen and oxygen atoms in total. The maximum atomic E-state index is 12.3. The topological polar surface area (TPSA) is 67.5 Å². The summed E-state index contributed by atoms with van der Waals surface area (Å²) in [6.07, 6.45) is -1.15. The Kier molecular flexibility index (Phi) is 4.08. The molecule has 3 aromatic rings. The first kappa shape index (κ1) is 15.2. The molecule has 3 rings (SSSR count). The van der Waals surface area contributed by atoms with Gasteiger partial charge in [0.05, 0.1) is 6.10 Å². The van der Waals surface area contributed by atoms with Crippen LogP contribution in [0.5, 0.6) is 0 Å². The molecule has 0 aliphatic heterocycles. The molecule has 1 unspecified atom stereocenters. The molecule has 116 valence electrons. The van der Waals surface area contributed by atoms with Crippen LogP contribution < -0.4 is 5.63 Å². The first-order valence-electron chi connectivity index (χ1n) is 7.35. The highest BCUT2D eigenvalue weighted by Crippen LogP contribution is 2.26. The number of Topliss-reactive ketones (excluding diaryl/α,β-unsaturated/α-hetero) is 1. The number of benzene rings is 2. The fraction of sp³-hybridized carbons (Fsp3) is 0.158. The first-order valence-corrected chi connectivity index (χ1v) is 7.35. The van der Waals surface area contributed by atoms with Gasteiger partial charge in [-0.1, -0.05) is 42.0 Å². The molecule has 0 aliphatic carbocycles. The summed E-state index contributed by atoms with van der Waals surface area (Å²) in [6.45, 7) is 1.91. The fourth-order valence-corrected chi connectivity index (χ4v) is 2.60. The van der Waals surface area contributed by atoms with Crippen LogP contribution in [-0.2, 0) is 0 Å². The third-order valence-corrected chi connectivity index (χ3v) is 3.76. The fourth-order valence-electron chi connectivity index (χ4n) is 2.60. The maximum absolute atomic E-state index is 12.3. The van der Waals surface area contributed by atoms with Crippen molar-refractivity contribution < 1.29 is 14.3 Å². The number of carbonyl (C=O) groups excluding carboxylic acids is 1. The molecule has 0 bridgehead atoms. The number of hydrogen-bond acceptors (Lipinski definition) is 4. The molecule has 1 N–H and O–H groups in total. The van der Waals surface area contributed by atoms with E-state index in [9.17, 15) is 14.7 Å². The van der Waals surface area contributed by atoms with Gasteiger partial charge >= 0.3 is 5.63 Å². The summed E-state index contributed by atoms with van der Waals surface area (Å²) in [7, 11) is 0. The lowest BCUT2D eigenvalue weighted by atomic mass is 9.97. The molecular weight excluding hydrogens is 292 g/mol. The molecule has 2 aromatic carbocycles. The van der Waals surface area contributed by atoms with Gasteiger partial charge in [-0.25, -0.2) is 4.79 Å². The second-order valence-electron chi connectivity index (χ2n) is 5.53. The van der Waals surface area contributed by atoms with Crippen LogP contribution in [0.2, 0.25) is 0 Å². The number of rotatable bonds is 4. The standard InChI is InChI=1S/C19H16O4/c1-12-7-8-18-15(9-12)14(10-19(22)23-18)17(21)11-16(20)13-5-3-2-4-6-13/h2-10,17,21H,11H2,1H3.